The van der Waals surface area contributed by atoms with E-state index in [2.05, 4.69) is 16.9 Å². The van der Waals surface area contributed by atoms with Crippen LogP contribution in [0, 0.1) is 5.92 Å². The van der Waals surface area contributed by atoms with Crippen LogP contribution in [0.2, 0.25) is 0 Å². The summed E-state index contributed by atoms with van der Waals surface area (Å²) in [6.45, 7) is 2.27. The summed E-state index contributed by atoms with van der Waals surface area (Å²) in [6, 6.07) is 0. The third kappa shape index (κ3) is 1.32. The van der Waals surface area contributed by atoms with Crippen LogP contribution in [0.4, 0.5) is 0 Å². The molecular formula is C11H12N2OS. The Balaban J connectivity index is 2.34. The number of H-pyrrole nitrogens is 1. The van der Waals surface area contributed by atoms with Gasteiger partial charge in [-0.25, -0.2) is 4.98 Å². The van der Waals surface area contributed by atoms with Gasteiger partial charge >= 0.3 is 0 Å². The summed E-state index contributed by atoms with van der Waals surface area (Å²) in [6.07, 6.45) is 4.82. The second-order valence-electron chi connectivity index (χ2n) is 4.26. The van der Waals surface area contributed by atoms with E-state index >= 15 is 0 Å². The van der Waals surface area contributed by atoms with Crippen molar-refractivity contribution in [3.63, 3.8) is 0 Å². The molecule has 0 aromatic carbocycles. The molecule has 3 rings (SSSR count). The monoisotopic (exact) mass is 220 g/mol. The second-order valence-corrected chi connectivity index (χ2v) is 5.35. The number of hydrogen-bond acceptors (Lipinski definition) is 3. The van der Waals surface area contributed by atoms with Gasteiger partial charge in [0, 0.05) is 4.88 Å². The second kappa shape index (κ2) is 3.17. The Morgan fingerprint density at radius 2 is 2.47 bits per heavy atom. The Morgan fingerprint density at radius 1 is 1.60 bits per heavy atom. The smallest absolute Gasteiger partial charge is 0.259 e. The van der Waals surface area contributed by atoms with Gasteiger partial charge in [0.05, 0.1) is 11.7 Å². The van der Waals surface area contributed by atoms with Crippen LogP contribution in [0.1, 0.15) is 23.8 Å². The van der Waals surface area contributed by atoms with E-state index in [1.54, 1.807) is 11.3 Å². The van der Waals surface area contributed by atoms with Crippen LogP contribution < -0.4 is 5.56 Å². The molecular weight excluding hydrogens is 208 g/mol. The summed E-state index contributed by atoms with van der Waals surface area (Å²) in [7, 11) is 0. The lowest BCUT2D eigenvalue weighted by Crippen LogP contribution is -2.12. The van der Waals surface area contributed by atoms with Crippen LogP contribution in [0.15, 0.2) is 11.1 Å². The molecule has 0 aliphatic heterocycles. The van der Waals surface area contributed by atoms with Crippen LogP contribution in [0.3, 0.4) is 0 Å². The molecule has 0 bridgehead atoms. The van der Waals surface area contributed by atoms with Gasteiger partial charge in [-0.3, -0.25) is 4.79 Å². The summed E-state index contributed by atoms with van der Waals surface area (Å²) in [5, 5.41) is 0.837. The van der Waals surface area contributed by atoms with Crippen molar-refractivity contribution in [3.05, 3.63) is 27.1 Å². The van der Waals surface area contributed by atoms with Crippen molar-refractivity contribution in [3.8, 4) is 0 Å². The Labute approximate surface area is 91.2 Å². The minimum Gasteiger partial charge on any atom is -0.313 e. The summed E-state index contributed by atoms with van der Waals surface area (Å²) in [5.41, 5.74) is 1.27. The average molecular weight is 220 g/mol. The number of nitrogens with one attached hydrogen (secondary N) is 1. The molecule has 0 radical (unpaired) electrons. The molecule has 1 atom stereocenters. The number of hydrogen-bond donors (Lipinski definition) is 1. The minimum atomic E-state index is 0.0204. The molecule has 1 aliphatic carbocycles. The van der Waals surface area contributed by atoms with Gasteiger partial charge in [0.25, 0.3) is 5.56 Å². The number of nitrogens with zero attached hydrogens (tertiary/aromatic N) is 1. The van der Waals surface area contributed by atoms with Crippen LogP contribution in [-0.2, 0) is 12.8 Å². The van der Waals surface area contributed by atoms with Crippen molar-refractivity contribution in [1.82, 2.24) is 9.97 Å². The van der Waals surface area contributed by atoms with Gasteiger partial charge in [0.2, 0.25) is 0 Å². The molecule has 4 heteroatoms. The fourth-order valence-corrected chi connectivity index (χ4v) is 3.64. The minimum absolute atomic E-state index is 0.0204. The number of fused-ring (bicyclic) bond motifs is 3. The molecule has 1 N–H and O–H groups in total. The van der Waals surface area contributed by atoms with Crippen molar-refractivity contribution in [2.24, 2.45) is 5.92 Å². The molecule has 78 valence electrons. The van der Waals surface area contributed by atoms with Crippen LogP contribution in [0.25, 0.3) is 10.2 Å². The standard InChI is InChI=1S/C11H12N2OS/c1-6-2-3-7-8(4-6)15-11-9(7)10(14)12-5-13-11/h5-6H,2-4H2,1H3,(H,12,13,14)/t6-/m0/s1. The molecule has 15 heavy (non-hydrogen) atoms. The Hall–Kier alpha value is -1.16. The van der Waals surface area contributed by atoms with Gasteiger partial charge in [-0.2, -0.15) is 0 Å². The number of aryl methyl sites for hydroxylation is 1. The van der Waals surface area contributed by atoms with Crippen LogP contribution in [-0.4, -0.2) is 9.97 Å². The van der Waals surface area contributed by atoms with Gasteiger partial charge < -0.3 is 4.98 Å². The Kier molecular flexibility index (Phi) is 1.92. The quantitative estimate of drug-likeness (QED) is 0.739. The highest BCUT2D eigenvalue weighted by molar-refractivity contribution is 7.18. The number of thiophene rings is 1. The first-order valence-corrected chi connectivity index (χ1v) is 6.05. The zero-order chi connectivity index (χ0) is 10.4. The Morgan fingerprint density at radius 3 is 3.33 bits per heavy atom. The summed E-state index contributed by atoms with van der Waals surface area (Å²) in [4.78, 5) is 20.9. The first-order chi connectivity index (χ1) is 7.25. The molecule has 2 heterocycles. The van der Waals surface area contributed by atoms with Gasteiger partial charge in [0.15, 0.2) is 0 Å². The van der Waals surface area contributed by atoms with E-state index in [9.17, 15) is 4.79 Å². The molecule has 3 nitrogen and oxygen atoms in total. The maximum atomic E-state index is 11.7. The van der Waals surface area contributed by atoms with Crippen molar-refractivity contribution < 1.29 is 0 Å². The summed E-state index contributed by atoms with van der Waals surface area (Å²) < 4.78 is 0. The third-order valence-corrected chi connectivity index (χ3v) is 4.26. The maximum Gasteiger partial charge on any atom is 0.259 e. The zero-order valence-corrected chi connectivity index (χ0v) is 9.36. The molecule has 1 aliphatic rings. The van der Waals surface area contributed by atoms with Crippen LogP contribution in [0.5, 0.6) is 0 Å². The van der Waals surface area contributed by atoms with E-state index in [0.29, 0.717) is 0 Å². The highest BCUT2D eigenvalue weighted by Gasteiger charge is 2.21. The topological polar surface area (TPSA) is 45.8 Å². The van der Waals surface area contributed by atoms with E-state index in [1.165, 1.54) is 23.2 Å². The molecule has 2 aromatic heterocycles. The molecule has 0 fully saturated rings. The molecule has 0 spiro atoms. The lowest BCUT2D eigenvalue weighted by Gasteiger charge is -2.17. The first-order valence-electron chi connectivity index (χ1n) is 5.23. The van der Waals surface area contributed by atoms with Gasteiger partial charge in [-0.05, 0) is 30.7 Å². The van der Waals surface area contributed by atoms with Crippen LogP contribution >= 0.6 is 11.3 Å². The van der Waals surface area contributed by atoms with Crippen molar-refractivity contribution in [2.45, 2.75) is 26.2 Å². The van der Waals surface area contributed by atoms with E-state index in [4.69, 9.17) is 0 Å². The number of aromatic nitrogens is 2. The van der Waals surface area contributed by atoms with Gasteiger partial charge in [-0.1, -0.05) is 6.92 Å². The van der Waals surface area contributed by atoms with E-state index in [-0.39, 0.29) is 5.56 Å². The molecule has 0 amide bonds. The first kappa shape index (κ1) is 9.09. The highest BCUT2D eigenvalue weighted by atomic mass is 32.1. The highest BCUT2D eigenvalue weighted by Crippen LogP contribution is 2.35. The van der Waals surface area contributed by atoms with E-state index in [1.807, 2.05) is 0 Å². The van der Waals surface area contributed by atoms with Crippen molar-refractivity contribution >= 4 is 21.6 Å². The number of rotatable bonds is 0. The maximum absolute atomic E-state index is 11.7. The summed E-state index contributed by atoms with van der Waals surface area (Å²) in [5.74, 6) is 0.740. The van der Waals surface area contributed by atoms with E-state index < -0.39 is 0 Å². The van der Waals surface area contributed by atoms with Crippen molar-refractivity contribution in [1.29, 1.82) is 0 Å². The van der Waals surface area contributed by atoms with Crippen molar-refractivity contribution in [2.75, 3.05) is 0 Å². The molecule has 2 aromatic rings. The average Bonchev–Trinajstić information content (AvgIpc) is 2.56. The third-order valence-electron chi connectivity index (χ3n) is 3.10. The zero-order valence-electron chi connectivity index (χ0n) is 8.54. The predicted molar refractivity (Wildman–Crippen MR) is 61.4 cm³/mol. The summed E-state index contributed by atoms with van der Waals surface area (Å²) >= 11 is 1.69. The fourth-order valence-electron chi connectivity index (χ4n) is 2.28. The largest absolute Gasteiger partial charge is 0.313 e. The predicted octanol–water partition coefficient (Wildman–Crippen LogP) is 2.11. The lowest BCUT2D eigenvalue weighted by molar-refractivity contribution is 0.509. The molecule has 0 unspecified atom stereocenters. The number of aromatic amines is 1. The fraction of sp³-hybridized carbons (Fsp3) is 0.455. The normalized spacial score (nSPS) is 20.5. The molecule has 0 saturated carbocycles. The lowest BCUT2D eigenvalue weighted by atomic mass is 9.89. The molecule has 0 saturated heterocycles. The SMILES string of the molecule is C[C@H]1CCc2c(sc3nc[nH]c(=O)c23)C1. The van der Waals surface area contributed by atoms with Gasteiger partial charge in [-0.15, -0.1) is 11.3 Å². The van der Waals surface area contributed by atoms with E-state index in [0.717, 1.165) is 29.0 Å². The van der Waals surface area contributed by atoms with Gasteiger partial charge in [0.1, 0.15) is 4.83 Å². The Bertz CT molecular complexity index is 569.